The lowest BCUT2D eigenvalue weighted by Crippen LogP contribution is -2.33. The Morgan fingerprint density at radius 3 is 3.00 bits per heavy atom. The monoisotopic (exact) mass is 252 g/mol. The van der Waals surface area contributed by atoms with Gasteiger partial charge in [-0.2, -0.15) is 11.8 Å². The van der Waals surface area contributed by atoms with E-state index in [-0.39, 0.29) is 0 Å². The van der Waals surface area contributed by atoms with Crippen molar-refractivity contribution in [1.82, 2.24) is 20.1 Å². The Hall–Kier alpha value is -0.550. The molecule has 1 saturated heterocycles. The van der Waals surface area contributed by atoms with Crippen LogP contribution in [0.3, 0.4) is 0 Å². The third-order valence-electron chi connectivity index (χ3n) is 3.84. The molecule has 94 valence electrons. The second-order valence-corrected chi connectivity index (χ2v) is 6.29. The van der Waals surface area contributed by atoms with Gasteiger partial charge in [-0.05, 0) is 37.2 Å². The molecule has 17 heavy (non-hydrogen) atoms. The van der Waals surface area contributed by atoms with Crippen LogP contribution in [0.4, 0.5) is 0 Å². The number of fused-ring (bicyclic) bond motifs is 1. The smallest absolute Gasteiger partial charge is 0.149 e. The number of hydrogen-bond acceptors (Lipinski definition) is 4. The van der Waals surface area contributed by atoms with Crippen LogP contribution in [0.2, 0.25) is 0 Å². The van der Waals surface area contributed by atoms with E-state index in [1.54, 1.807) is 0 Å². The van der Waals surface area contributed by atoms with Gasteiger partial charge in [0.25, 0.3) is 0 Å². The number of rotatable bonds is 2. The van der Waals surface area contributed by atoms with Gasteiger partial charge in [0.1, 0.15) is 11.6 Å². The topological polar surface area (TPSA) is 42.7 Å². The molecular formula is C12H20N4S. The fraction of sp³-hybridized carbons (Fsp3) is 0.833. The third-order valence-corrected chi connectivity index (χ3v) is 4.89. The average Bonchev–Trinajstić information content (AvgIpc) is 2.76. The van der Waals surface area contributed by atoms with Crippen LogP contribution in [0.5, 0.6) is 0 Å². The van der Waals surface area contributed by atoms with Crippen molar-refractivity contribution in [3.05, 3.63) is 11.6 Å². The molecule has 1 N–H and O–H groups in total. The molecule has 0 aromatic carbocycles. The number of nitrogens with zero attached hydrogens (tertiary/aromatic N) is 3. The molecule has 1 aromatic rings. The number of nitrogens with one attached hydrogen (secondary N) is 1. The highest BCUT2D eigenvalue weighted by molar-refractivity contribution is 7.99. The van der Waals surface area contributed by atoms with Gasteiger partial charge in [-0.15, -0.1) is 10.2 Å². The molecule has 1 fully saturated rings. The fourth-order valence-corrected chi connectivity index (χ4v) is 3.96. The summed E-state index contributed by atoms with van der Waals surface area (Å²) < 4.78 is 2.34. The minimum atomic E-state index is 0.354. The third kappa shape index (κ3) is 2.36. The Bertz CT molecular complexity index is 384. The molecule has 1 aromatic heterocycles. The Morgan fingerprint density at radius 2 is 2.18 bits per heavy atom. The van der Waals surface area contributed by atoms with Crippen LogP contribution < -0.4 is 5.32 Å². The lowest BCUT2D eigenvalue weighted by molar-refractivity contribution is 0.412. The average molecular weight is 252 g/mol. The molecule has 1 unspecified atom stereocenters. The standard InChI is InChI=1S/C12H20N4S/c1-9-12-15-14-11(16(12)5-4-13-9)8-10-2-6-17-7-3-10/h9-10,13H,2-8H2,1H3. The molecule has 1 atom stereocenters. The highest BCUT2D eigenvalue weighted by Gasteiger charge is 2.23. The molecule has 0 aliphatic carbocycles. The summed E-state index contributed by atoms with van der Waals surface area (Å²) in [7, 11) is 0. The zero-order chi connectivity index (χ0) is 11.7. The first kappa shape index (κ1) is 11.5. The summed E-state index contributed by atoms with van der Waals surface area (Å²) in [4.78, 5) is 0. The first-order chi connectivity index (χ1) is 8.34. The summed E-state index contributed by atoms with van der Waals surface area (Å²) in [5.41, 5.74) is 0. The molecule has 2 aliphatic rings. The van der Waals surface area contributed by atoms with E-state index in [1.807, 2.05) is 0 Å². The maximum absolute atomic E-state index is 4.41. The van der Waals surface area contributed by atoms with Crippen molar-refractivity contribution in [3.63, 3.8) is 0 Å². The Labute approximate surface area is 107 Å². The molecule has 4 nitrogen and oxygen atoms in total. The van der Waals surface area contributed by atoms with E-state index in [2.05, 4.69) is 38.8 Å². The number of aromatic nitrogens is 3. The first-order valence-corrected chi connectivity index (χ1v) is 7.73. The zero-order valence-electron chi connectivity index (χ0n) is 10.4. The molecule has 2 aliphatic heterocycles. The van der Waals surface area contributed by atoms with Crippen LogP contribution in [0.15, 0.2) is 0 Å². The van der Waals surface area contributed by atoms with Gasteiger partial charge in [0.15, 0.2) is 0 Å². The number of thioether (sulfide) groups is 1. The zero-order valence-corrected chi connectivity index (χ0v) is 11.2. The van der Waals surface area contributed by atoms with Crippen molar-refractivity contribution in [2.45, 2.75) is 38.8 Å². The van der Waals surface area contributed by atoms with Gasteiger partial charge in [0.05, 0.1) is 6.04 Å². The van der Waals surface area contributed by atoms with E-state index >= 15 is 0 Å². The second kappa shape index (κ2) is 4.98. The summed E-state index contributed by atoms with van der Waals surface area (Å²) in [6.45, 7) is 4.24. The summed E-state index contributed by atoms with van der Waals surface area (Å²) in [5.74, 6) is 5.81. The van der Waals surface area contributed by atoms with Gasteiger partial charge in [-0.25, -0.2) is 0 Å². The molecular weight excluding hydrogens is 232 g/mol. The molecule has 3 rings (SSSR count). The van der Waals surface area contributed by atoms with E-state index in [0.29, 0.717) is 6.04 Å². The minimum Gasteiger partial charge on any atom is -0.312 e. The van der Waals surface area contributed by atoms with Crippen molar-refractivity contribution >= 4 is 11.8 Å². The van der Waals surface area contributed by atoms with Gasteiger partial charge in [0, 0.05) is 19.5 Å². The van der Waals surface area contributed by atoms with Gasteiger partial charge in [-0.3, -0.25) is 0 Å². The van der Waals surface area contributed by atoms with E-state index < -0.39 is 0 Å². The second-order valence-electron chi connectivity index (χ2n) is 5.06. The van der Waals surface area contributed by atoms with Crippen LogP contribution in [-0.2, 0) is 13.0 Å². The summed E-state index contributed by atoms with van der Waals surface area (Å²) in [5, 5.41) is 12.2. The van der Waals surface area contributed by atoms with Crippen molar-refractivity contribution < 1.29 is 0 Å². The lowest BCUT2D eigenvalue weighted by atomic mass is 9.98. The quantitative estimate of drug-likeness (QED) is 0.869. The highest BCUT2D eigenvalue weighted by Crippen LogP contribution is 2.26. The van der Waals surface area contributed by atoms with Crippen molar-refractivity contribution in [1.29, 1.82) is 0 Å². The predicted octanol–water partition coefficient (Wildman–Crippen LogP) is 1.63. The van der Waals surface area contributed by atoms with Gasteiger partial charge < -0.3 is 9.88 Å². The Morgan fingerprint density at radius 1 is 1.35 bits per heavy atom. The number of hydrogen-bond donors (Lipinski definition) is 1. The van der Waals surface area contributed by atoms with Crippen LogP contribution >= 0.6 is 11.8 Å². The molecule has 0 spiro atoms. The molecule has 5 heteroatoms. The molecule has 0 radical (unpaired) electrons. The molecule has 0 bridgehead atoms. The van der Waals surface area contributed by atoms with Crippen LogP contribution in [0, 0.1) is 5.92 Å². The lowest BCUT2D eigenvalue weighted by Gasteiger charge is -2.24. The summed E-state index contributed by atoms with van der Waals surface area (Å²) >= 11 is 2.09. The van der Waals surface area contributed by atoms with Crippen LogP contribution in [-0.4, -0.2) is 32.8 Å². The SMILES string of the molecule is CC1NCCn2c(CC3CCSCC3)nnc21. The molecule has 3 heterocycles. The maximum Gasteiger partial charge on any atom is 0.149 e. The molecule has 0 amide bonds. The van der Waals surface area contributed by atoms with Crippen molar-refractivity contribution in [2.24, 2.45) is 5.92 Å². The van der Waals surface area contributed by atoms with Crippen molar-refractivity contribution in [2.75, 3.05) is 18.1 Å². The van der Waals surface area contributed by atoms with Gasteiger partial charge >= 0.3 is 0 Å². The Kier molecular flexibility index (Phi) is 3.38. The van der Waals surface area contributed by atoms with E-state index in [0.717, 1.165) is 31.3 Å². The van der Waals surface area contributed by atoms with E-state index in [4.69, 9.17) is 0 Å². The largest absolute Gasteiger partial charge is 0.312 e. The summed E-state index contributed by atoms with van der Waals surface area (Å²) in [6, 6.07) is 0.354. The Balaban J connectivity index is 1.74. The minimum absolute atomic E-state index is 0.354. The van der Waals surface area contributed by atoms with Gasteiger partial charge in [-0.1, -0.05) is 0 Å². The summed E-state index contributed by atoms with van der Waals surface area (Å²) in [6.07, 6.45) is 3.82. The molecule has 0 saturated carbocycles. The fourth-order valence-electron chi connectivity index (χ4n) is 2.76. The van der Waals surface area contributed by atoms with Gasteiger partial charge in [0.2, 0.25) is 0 Å². The van der Waals surface area contributed by atoms with E-state index in [1.165, 1.54) is 30.2 Å². The van der Waals surface area contributed by atoms with Crippen molar-refractivity contribution in [3.8, 4) is 0 Å². The highest BCUT2D eigenvalue weighted by atomic mass is 32.2. The normalized spacial score (nSPS) is 25.8. The van der Waals surface area contributed by atoms with E-state index in [9.17, 15) is 0 Å². The van der Waals surface area contributed by atoms with Crippen LogP contribution in [0.1, 0.15) is 37.5 Å². The maximum atomic E-state index is 4.41. The predicted molar refractivity (Wildman–Crippen MR) is 70.2 cm³/mol. The van der Waals surface area contributed by atoms with Crippen LogP contribution in [0.25, 0.3) is 0 Å². The first-order valence-electron chi connectivity index (χ1n) is 6.57.